The molecule has 4 bridgehead atoms. The highest BCUT2D eigenvalue weighted by Gasteiger charge is 2.66. The van der Waals surface area contributed by atoms with E-state index in [1.165, 1.54) is 75.2 Å². The number of para-hydroxylation sites is 4. The van der Waals surface area contributed by atoms with Gasteiger partial charge in [0.15, 0.2) is 6.29 Å². The third kappa shape index (κ3) is 3.36. The molecule has 1 N–H and O–H groups in total. The molecule has 6 atom stereocenters. The Morgan fingerprint density at radius 3 is 1.92 bits per heavy atom. The van der Waals surface area contributed by atoms with E-state index in [9.17, 15) is 0 Å². The maximum absolute atomic E-state index is 4.12. The number of fused-ring (bicyclic) bond motifs is 6. The molecule has 0 radical (unpaired) electrons. The number of nitrogens with zero attached hydrogens (tertiary/aromatic N) is 3. The molecule has 1 saturated heterocycles. The van der Waals surface area contributed by atoms with Crippen LogP contribution in [0.25, 0.3) is 32.6 Å². The van der Waals surface area contributed by atoms with Crippen LogP contribution in [0.15, 0.2) is 140 Å². The summed E-state index contributed by atoms with van der Waals surface area (Å²) < 4.78 is 2.54. The van der Waals surface area contributed by atoms with E-state index in [1.807, 2.05) is 0 Å². The highest BCUT2D eigenvalue weighted by molar-refractivity contribution is 6.08. The summed E-state index contributed by atoms with van der Waals surface area (Å²) in [5.74, 6) is 3.24. The molecule has 0 amide bonds. The molecule has 13 rings (SSSR count). The first kappa shape index (κ1) is 27.0. The molecule has 4 aliphatic carbocycles. The van der Waals surface area contributed by atoms with Crippen molar-refractivity contribution >= 4 is 44.0 Å². The molecule has 238 valence electrons. The van der Waals surface area contributed by atoms with Crippen molar-refractivity contribution in [1.82, 2.24) is 14.9 Å². The van der Waals surface area contributed by atoms with Gasteiger partial charge >= 0.3 is 0 Å². The predicted octanol–water partition coefficient (Wildman–Crippen LogP) is 10.4. The summed E-state index contributed by atoms with van der Waals surface area (Å²) in [6, 6.07) is 52.6. The topological polar surface area (TPSA) is 23.4 Å². The average Bonchev–Trinajstić information content (AvgIpc) is 3.71. The number of rotatable bonds is 3. The zero-order valence-corrected chi connectivity index (χ0v) is 27.4. The van der Waals surface area contributed by atoms with Gasteiger partial charge < -0.3 is 4.57 Å². The van der Waals surface area contributed by atoms with Crippen molar-refractivity contribution in [1.29, 1.82) is 0 Å². The third-order valence-corrected chi connectivity index (χ3v) is 13.4. The lowest BCUT2D eigenvalue weighted by molar-refractivity contribution is -0.0724. The molecule has 3 heterocycles. The molecule has 2 aliphatic heterocycles. The lowest BCUT2D eigenvalue weighted by Gasteiger charge is -2.59. The Bertz CT molecular complexity index is 2370. The van der Waals surface area contributed by atoms with Gasteiger partial charge in [0.05, 0.1) is 22.4 Å². The summed E-state index contributed by atoms with van der Waals surface area (Å²) in [6.07, 6.45) is 5.49. The van der Waals surface area contributed by atoms with Crippen LogP contribution in [0.5, 0.6) is 0 Å². The fraction of sp³-hybridized carbons (Fsp3) is 0.244. The highest BCUT2D eigenvalue weighted by atomic mass is 15.8. The monoisotopic (exact) mass is 634 g/mol. The van der Waals surface area contributed by atoms with E-state index in [0.29, 0.717) is 0 Å². The van der Waals surface area contributed by atoms with E-state index in [4.69, 9.17) is 0 Å². The van der Waals surface area contributed by atoms with Gasteiger partial charge in [-0.3, -0.25) is 10.3 Å². The second-order valence-electron chi connectivity index (χ2n) is 15.4. The van der Waals surface area contributed by atoms with Gasteiger partial charge in [-0.1, -0.05) is 109 Å². The number of nitrogens with one attached hydrogen (secondary N) is 1. The summed E-state index contributed by atoms with van der Waals surface area (Å²) >= 11 is 0. The van der Waals surface area contributed by atoms with Crippen LogP contribution in [0.3, 0.4) is 0 Å². The molecular weight excluding hydrogens is 597 g/mol. The molecule has 6 aliphatic rings. The van der Waals surface area contributed by atoms with Crippen molar-refractivity contribution in [2.24, 2.45) is 23.7 Å². The Balaban J connectivity index is 1.11. The van der Waals surface area contributed by atoms with Gasteiger partial charge in [0.25, 0.3) is 0 Å². The van der Waals surface area contributed by atoms with Gasteiger partial charge in [-0.2, -0.15) is 5.01 Å². The Morgan fingerprint density at radius 1 is 0.571 bits per heavy atom. The van der Waals surface area contributed by atoms with Gasteiger partial charge in [-0.15, -0.1) is 0 Å². The summed E-state index contributed by atoms with van der Waals surface area (Å²) in [6.45, 7) is 0. The van der Waals surface area contributed by atoms with Crippen molar-refractivity contribution in [3.8, 4) is 0 Å². The summed E-state index contributed by atoms with van der Waals surface area (Å²) in [5.41, 5.74) is 9.70. The maximum Gasteiger partial charge on any atom is 0.162 e. The molecule has 1 aromatic heterocycles. The molecule has 6 unspecified atom stereocenters. The van der Waals surface area contributed by atoms with Crippen LogP contribution in [-0.4, -0.2) is 9.58 Å². The van der Waals surface area contributed by atoms with Crippen LogP contribution in [0, 0.1) is 23.7 Å². The predicted molar refractivity (Wildman–Crippen MR) is 198 cm³/mol. The Kier molecular flexibility index (Phi) is 5.30. The molecule has 6 aromatic carbocycles. The first-order chi connectivity index (χ1) is 24.3. The molecule has 4 heteroatoms. The van der Waals surface area contributed by atoms with Crippen LogP contribution in [0.4, 0.5) is 11.4 Å². The molecular formula is C45H38N4. The van der Waals surface area contributed by atoms with Crippen molar-refractivity contribution in [2.75, 3.05) is 5.01 Å². The van der Waals surface area contributed by atoms with E-state index in [0.717, 1.165) is 23.7 Å². The number of aromatic nitrogens is 1. The molecule has 1 spiro atoms. The molecule has 4 saturated carbocycles. The first-order valence-electron chi connectivity index (χ1n) is 18.3. The van der Waals surface area contributed by atoms with Crippen molar-refractivity contribution in [3.63, 3.8) is 0 Å². The zero-order chi connectivity index (χ0) is 31.8. The van der Waals surface area contributed by atoms with Crippen LogP contribution < -0.4 is 10.3 Å². The molecule has 7 aromatic rings. The quantitative estimate of drug-likeness (QED) is 0.209. The van der Waals surface area contributed by atoms with Crippen LogP contribution >= 0.6 is 0 Å². The van der Waals surface area contributed by atoms with Gasteiger partial charge in [0, 0.05) is 16.2 Å². The number of hydrogen-bond donors (Lipinski definition) is 1. The van der Waals surface area contributed by atoms with Crippen molar-refractivity contribution in [3.05, 3.63) is 156 Å². The largest absolute Gasteiger partial charge is 0.310 e. The standard InChI is InChI=1S/C45H38N4/c1-2-12-30-26-31(22-21-29(30)11-1)43-46-44(47-39-17-7-3-13-34(39)35-14-4-8-18-40(35)47)49(43)48-41-19-9-5-15-36(41)45(37-16-6-10-20-42(37)48)33-24-28-23-32(27-33)38(45)25-28/h1-22,26,28,32-33,38,43-44,46H,23-25,27H2. The minimum Gasteiger partial charge on any atom is -0.310 e. The molecule has 49 heavy (non-hydrogen) atoms. The Morgan fingerprint density at radius 2 is 1.20 bits per heavy atom. The van der Waals surface area contributed by atoms with Gasteiger partial charge in [0.1, 0.15) is 6.17 Å². The zero-order valence-electron chi connectivity index (χ0n) is 27.4. The molecule has 5 fully saturated rings. The van der Waals surface area contributed by atoms with E-state index in [1.54, 1.807) is 11.1 Å². The van der Waals surface area contributed by atoms with E-state index in [-0.39, 0.29) is 17.9 Å². The minimum absolute atomic E-state index is 0.0133. The smallest absolute Gasteiger partial charge is 0.162 e. The van der Waals surface area contributed by atoms with Crippen molar-refractivity contribution < 1.29 is 0 Å². The van der Waals surface area contributed by atoms with Crippen LogP contribution in [-0.2, 0) is 5.41 Å². The van der Waals surface area contributed by atoms with Crippen LogP contribution in [0.1, 0.15) is 54.8 Å². The van der Waals surface area contributed by atoms with E-state index in [2.05, 4.69) is 159 Å². The number of anilines is 2. The lowest BCUT2D eigenvalue weighted by Crippen LogP contribution is -2.66. The van der Waals surface area contributed by atoms with Gasteiger partial charge in [-0.05, 0) is 107 Å². The van der Waals surface area contributed by atoms with E-state index >= 15 is 0 Å². The van der Waals surface area contributed by atoms with Gasteiger partial charge in [-0.25, -0.2) is 0 Å². The molecule has 4 nitrogen and oxygen atoms in total. The normalized spacial score (nSPS) is 27.6. The third-order valence-electron chi connectivity index (χ3n) is 13.4. The fourth-order valence-electron chi connectivity index (χ4n) is 11.8. The summed E-state index contributed by atoms with van der Waals surface area (Å²) in [4.78, 5) is 0. The highest BCUT2D eigenvalue weighted by Crippen LogP contribution is 2.72. The summed E-state index contributed by atoms with van der Waals surface area (Å²) in [5, 5.41) is 14.5. The van der Waals surface area contributed by atoms with Crippen molar-refractivity contribution in [2.45, 2.75) is 43.6 Å². The lowest BCUT2D eigenvalue weighted by atomic mass is 9.56. The Labute approximate surface area is 286 Å². The number of benzene rings is 6. The number of hydrazine groups is 1. The second kappa shape index (κ2) is 9.62. The fourth-order valence-corrected chi connectivity index (χ4v) is 11.8. The van der Waals surface area contributed by atoms with Gasteiger partial charge in [0.2, 0.25) is 0 Å². The maximum atomic E-state index is 4.12. The number of hydrogen-bond acceptors (Lipinski definition) is 3. The SMILES string of the molecule is c1ccc2c(c1)N(N1C(c3ccc4ccccc4c3)NC1n1c3ccccc3c3ccccc31)c1ccccc1C21C2CC3CC(C2)C1C3. The Hall–Kier alpha value is -4.90. The summed E-state index contributed by atoms with van der Waals surface area (Å²) in [7, 11) is 0. The second-order valence-corrected chi connectivity index (χ2v) is 15.4. The average molecular weight is 635 g/mol. The van der Waals surface area contributed by atoms with E-state index < -0.39 is 0 Å². The van der Waals surface area contributed by atoms with Crippen LogP contribution in [0.2, 0.25) is 0 Å². The first-order valence-corrected chi connectivity index (χ1v) is 18.3. The minimum atomic E-state index is -0.0904.